The van der Waals surface area contributed by atoms with Gasteiger partial charge in [-0.1, -0.05) is 19.1 Å². The lowest BCUT2D eigenvalue weighted by Gasteiger charge is -2.11. The average Bonchev–Trinajstić information content (AvgIpc) is 2.48. The van der Waals surface area contributed by atoms with Crippen molar-refractivity contribution < 1.29 is 4.74 Å². The molecule has 3 nitrogen and oxygen atoms in total. The highest BCUT2D eigenvalue weighted by Gasteiger charge is 2.08. The van der Waals surface area contributed by atoms with Gasteiger partial charge in [0.2, 0.25) is 0 Å². The molecule has 0 fully saturated rings. The molecule has 4 heteroatoms. The van der Waals surface area contributed by atoms with E-state index in [-0.39, 0.29) is 0 Å². The molecule has 0 aliphatic heterocycles. The van der Waals surface area contributed by atoms with Crippen LogP contribution in [0.2, 0.25) is 0 Å². The lowest BCUT2D eigenvalue weighted by Crippen LogP contribution is -1.95. The monoisotopic (exact) mass is 284 g/mol. The van der Waals surface area contributed by atoms with Crippen LogP contribution in [0.25, 0.3) is 0 Å². The number of anilines is 2. The Labute approximate surface area is 123 Å². The van der Waals surface area contributed by atoms with E-state index in [1.165, 1.54) is 0 Å². The number of nitrogens with zero attached hydrogens (tertiary/aromatic N) is 1. The number of nitrogens with one attached hydrogen (secondary N) is 1. The first-order valence-corrected chi connectivity index (χ1v) is 7.34. The van der Waals surface area contributed by atoms with Crippen molar-refractivity contribution in [2.45, 2.75) is 11.8 Å². The molecule has 0 aliphatic carbocycles. The minimum atomic E-state index is 0.683. The van der Waals surface area contributed by atoms with Crippen LogP contribution in [0.4, 0.5) is 11.4 Å². The SMILES string of the molecule is CCSc1cccc(Nc2cccc(OC)c2)c1C#N. The second-order valence-corrected chi connectivity index (χ2v) is 5.39. The molecular formula is C16H16N2OS. The number of methoxy groups -OCH3 is 1. The van der Waals surface area contributed by atoms with Gasteiger partial charge in [-0.15, -0.1) is 11.8 Å². The molecule has 0 aliphatic rings. The Kier molecular flexibility index (Phi) is 4.91. The summed E-state index contributed by atoms with van der Waals surface area (Å²) in [5, 5.41) is 12.7. The van der Waals surface area contributed by atoms with Gasteiger partial charge in [-0.25, -0.2) is 0 Å². The largest absolute Gasteiger partial charge is 0.497 e. The van der Waals surface area contributed by atoms with Crippen LogP contribution in [0.5, 0.6) is 5.75 Å². The lowest BCUT2D eigenvalue weighted by atomic mass is 10.2. The van der Waals surface area contributed by atoms with Crippen molar-refractivity contribution in [1.29, 1.82) is 5.26 Å². The second-order valence-electron chi connectivity index (χ2n) is 4.08. The maximum atomic E-state index is 9.38. The van der Waals surface area contributed by atoms with Crippen molar-refractivity contribution in [2.24, 2.45) is 0 Å². The zero-order valence-electron chi connectivity index (χ0n) is 11.5. The fraction of sp³-hybridized carbons (Fsp3) is 0.188. The summed E-state index contributed by atoms with van der Waals surface area (Å²) in [7, 11) is 1.64. The third-order valence-electron chi connectivity index (χ3n) is 2.79. The Hall–Kier alpha value is -2.12. The van der Waals surface area contributed by atoms with E-state index in [1.807, 2.05) is 42.5 Å². The molecule has 0 heterocycles. The quantitative estimate of drug-likeness (QED) is 0.825. The topological polar surface area (TPSA) is 45.0 Å². The summed E-state index contributed by atoms with van der Waals surface area (Å²) in [4.78, 5) is 1.00. The molecular weight excluding hydrogens is 268 g/mol. The first-order valence-electron chi connectivity index (χ1n) is 6.35. The van der Waals surface area contributed by atoms with Crippen molar-refractivity contribution in [3.63, 3.8) is 0 Å². The predicted octanol–water partition coefficient (Wildman–Crippen LogP) is 4.42. The fourth-order valence-corrected chi connectivity index (χ4v) is 2.67. The van der Waals surface area contributed by atoms with Gasteiger partial charge in [0.1, 0.15) is 11.8 Å². The number of thioether (sulfide) groups is 1. The molecule has 0 radical (unpaired) electrons. The Morgan fingerprint density at radius 2 is 2.05 bits per heavy atom. The van der Waals surface area contributed by atoms with E-state index in [2.05, 4.69) is 18.3 Å². The highest BCUT2D eigenvalue weighted by atomic mass is 32.2. The van der Waals surface area contributed by atoms with E-state index in [9.17, 15) is 5.26 Å². The molecule has 0 saturated heterocycles. The van der Waals surface area contributed by atoms with Gasteiger partial charge >= 0.3 is 0 Å². The number of hydrogen-bond donors (Lipinski definition) is 1. The Bertz CT molecular complexity index is 635. The molecule has 0 bridgehead atoms. The molecule has 0 spiro atoms. The van der Waals surface area contributed by atoms with Crippen molar-refractivity contribution in [3.05, 3.63) is 48.0 Å². The summed E-state index contributed by atoms with van der Waals surface area (Å²) < 4.78 is 5.20. The van der Waals surface area contributed by atoms with Crippen molar-refractivity contribution in [2.75, 3.05) is 18.2 Å². The van der Waals surface area contributed by atoms with E-state index in [0.29, 0.717) is 5.56 Å². The molecule has 0 amide bonds. The number of rotatable bonds is 5. The van der Waals surface area contributed by atoms with E-state index < -0.39 is 0 Å². The first-order chi connectivity index (χ1) is 9.78. The minimum Gasteiger partial charge on any atom is -0.497 e. The molecule has 0 atom stereocenters. The van der Waals surface area contributed by atoms with Crippen LogP contribution < -0.4 is 10.1 Å². The van der Waals surface area contributed by atoms with Gasteiger partial charge in [0.05, 0.1) is 18.4 Å². The maximum Gasteiger partial charge on any atom is 0.120 e. The van der Waals surface area contributed by atoms with Gasteiger partial charge in [-0.05, 0) is 30.0 Å². The average molecular weight is 284 g/mol. The molecule has 2 aromatic carbocycles. The first kappa shape index (κ1) is 14.3. The molecule has 0 saturated carbocycles. The summed E-state index contributed by atoms with van der Waals surface area (Å²) in [5.74, 6) is 1.73. The summed E-state index contributed by atoms with van der Waals surface area (Å²) in [6.45, 7) is 2.08. The Morgan fingerprint density at radius 3 is 2.75 bits per heavy atom. The van der Waals surface area contributed by atoms with Crippen molar-refractivity contribution in [1.82, 2.24) is 0 Å². The van der Waals surface area contributed by atoms with E-state index in [4.69, 9.17) is 4.74 Å². The standard InChI is InChI=1S/C16H16N2OS/c1-3-20-16-9-5-8-15(14(16)11-17)18-12-6-4-7-13(10-12)19-2/h4-10,18H,3H2,1-2H3. The number of hydrogen-bond acceptors (Lipinski definition) is 4. The molecule has 2 rings (SSSR count). The zero-order chi connectivity index (χ0) is 14.4. The number of nitriles is 1. The lowest BCUT2D eigenvalue weighted by molar-refractivity contribution is 0.415. The van der Waals surface area contributed by atoms with Crippen LogP contribution in [-0.2, 0) is 0 Å². The summed E-state index contributed by atoms with van der Waals surface area (Å²) in [5.41, 5.74) is 2.40. The maximum absolute atomic E-state index is 9.38. The van der Waals surface area contributed by atoms with Crippen LogP contribution in [0, 0.1) is 11.3 Å². The number of benzene rings is 2. The molecule has 20 heavy (non-hydrogen) atoms. The number of ether oxygens (including phenoxy) is 1. The van der Waals surface area contributed by atoms with Crippen molar-refractivity contribution in [3.8, 4) is 11.8 Å². The molecule has 102 valence electrons. The molecule has 1 N–H and O–H groups in total. The summed E-state index contributed by atoms with van der Waals surface area (Å²) in [6, 6.07) is 15.8. The molecule has 2 aromatic rings. The van der Waals surface area contributed by atoms with Crippen LogP contribution >= 0.6 is 11.8 Å². The van der Waals surface area contributed by atoms with Crippen LogP contribution in [0.1, 0.15) is 12.5 Å². The molecule has 0 aromatic heterocycles. The van der Waals surface area contributed by atoms with Crippen molar-refractivity contribution >= 4 is 23.1 Å². The smallest absolute Gasteiger partial charge is 0.120 e. The fourth-order valence-electron chi connectivity index (χ4n) is 1.88. The summed E-state index contributed by atoms with van der Waals surface area (Å²) >= 11 is 1.67. The third kappa shape index (κ3) is 3.25. The van der Waals surface area contributed by atoms with Gasteiger partial charge in [0.15, 0.2) is 0 Å². The normalized spacial score (nSPS) is 9.85. The van der Waals surface area contributed by atoms with Gasteiger partial charge in [-0.2, -0.15) is 5.26 Å². The van der Waals surface area contributed by atoms with Gasteiger partial charge in [0, 0.05) is 16.6 Å². The van der Waals surface area contributed by atoms with Crippen LogP contribution in [0.3, 0.4) is 0 Å². The minimum absolute atomic E-state index is 0.683. The van der Waals surface area contributed by atoms with E-state index in [0.717, 1.165) is 27.8 Å². The van der Waals surface area contributed by atoms with Crippen LogP contribution in [-0.4, -0.2) is 12.9 Å². The Balaban J connectivity index is 2.33. The van der Waals surface area contributed by atoms with Gasteiger partial charge in [-0.3, -0.25) is 0 Å². The highest BCUT2D eigenvalue weighted by molar-refractivity contribution is 7.99. The van der Waals surface area contributed by atoms with Crippen LogP contribution in [0.15, 0.2) is 47.4 Å². The summed E-state index contributed by atoms with van der Waals surface area (Å²) in [6.07, 6.45) is 0. The van der Waals surface area contributed by atoms with E-state index in [1.54, 1.807) is 18.9 Å². The van der Waals surface area contributed by atoms with Gasteiger partial charge < -0.3 is 10.1 Å². The predicted molar refractivity (Wildman–Crippen MR) is 83.8 cm³/mol. The highest BCUT2D eigenvalue weighted by Crippen LogP contribution is 2.30. The Morgan fingerprint density at radius 1 is 1.25 bits per heavy atom. The molecule has 0 unspecified atom stereocenters. The van der Waals surface area contributed by atoms with E-state index >= 15 is 0 Å². The third-order valence-corrected chi connectivity index (χ3v) is 3.73. The second kappa shape index (κ2) is 6.88. The zero-order valence-corrected chi connectivity index (χ0v) is 12.3. The van der Waals surface area contributed by atoms with Gasteiger partial charge in [0.25, 0.3) is 0 Å².